The summed E-state index contributed by atoms with van der Waals surface area (Å²) >= 11 is 0. The SMILES string of the molecule is O=C1CCCCN1C1(CO)CCCC1. The predicted octanol–water partition coefficient (Wildman–Crippen LogP) is 1.30. The molecule has 1 aliphatic carbocycles. The maximum atomic E-state index is 11.8. The number of hydrogen-bond acceptors (Lipinski definition) is 2. The largest absolute Gasteiger partial charge is 0.394 e. The van der Waals surface area contributed by atoms with Crippen molar-refractivity contribution in [2.24, 2.45) is 0 Å². The summed E-state index contributed by atoms with van der Waals surface area (Å²) in [5, 5.41) is 9.49. The van der Waals surface area contributed by atoms with E-state index < -0.39 is 0 Å². The second-order valence-corrected chi connectivity index (χ2v) is 4.59. The first-order valence-electron chi connectivity index (χ1n) is 5.70. The van der Waals surface area contributed by atoms with Crippen molar-refractivity contribution in [2.75, 3.05) is 13.2 Å². The number of aliphatic hydroxyl groups excluding tert-OH is 1. The molecule has 0 aromatic rings. The van der Waals surface area contributed by atoms with Gasteiger partial charge < -0.3 is 10.0 Å². The standard InChI is InChI=1S/C11H19NO2/c13-9-11(6-2-3-7-11)12-8-4-1-5-10(12)14/h13H,1-9H2. The highest BCUT2D eigenvalue weighted by molar-refractivity contribution is 5.77. The summed E-state index contributed by atoms with van der Waals surface area (Å²) in [5.74, 6) is 0.257. The van der Waals surface area contributed by atoms with Gasteiger partial charge in [0.05, 0.1) is 12.1 Å². The Kier molecular flexibility index (Phi) is 2.77. The van der Waals surface area contributed by atoms with E-state index in [9.17, 15) is 9.90 Å². The molecule has 0 bridgehead atoms. The Bertz CT molecular complexity index is 221. The highest BCUT2D eigenvalue weighted by atomic mass is 16.3. The van der Waals surface area contributed by atoms with E-state index in [1.165, 1.54) is 0 Å². The van der Waals surface area contributed by atoms with Crippen LogP contribution < -0.4 is 0 Å². The summed E-state index contributed by atoms with van der Waals surface area (Å²) < 4.78 is 0. The van der Waals surface area contributed by atoms with E-state index >= 15 is 0 Å². The van der Waals surface area contributed by atoms with E-state index in [1.807, 2.05) is 4.90 Å². The van der Waals surface area contributed by atoms with Gasteiger partial charge in [-0.3, -0.25) is 4.79 Å². The van der Waals surface area contributed by atoms with Crippen LogP contribution in [0.25, 0.3) is 0 Å². The predicted molar refractivity (Wildman–Crippen MR) is 53.8 cm³/mol. The Morgan fingerprint density at radius 3 is 2.50 bits per heavy atom. The molecule has 14 heavy (non-hydrogen) atoms. The van der Waals surface area contributed by atoms with Crippen LogP contribution in [0.4, 0.5) is 0 Å². The Morgan fingerprint density at radius 1 is 1.21 bits per heavy atom. The van der Waals surface area contributed by atoms with Crippen molar-refractivity contribution in [3.05, 3.63) is 0 Å². The molecule has 1 saturated carbocycles. The molecule has 2 fully saturated rings. The fourth-order valence-electron chi connectivity index (χ4n) is 2.85. The van der Waals surface area contributed by atoms with Gasteiger partial charge in [-0.15, -0.1) is 0 Å². The fourth-order valence-corrected chi connectivity index (χ4v) is 2.85. The van der Waals surface area contributed by atoms with Crippen molar-refractivity contribution in [1.29, 1.82) is 0 Å². The highest BCUT2D eigenvalue weighted by Gasteiger charge is 2.41. The molecular formula is C11H19NO2. The van der Waals surface area contributed by atoms with E-state index in [1.54, 1.807) is 0 Å². The van der Waals surface area contributed by atoms with Crippen LogP contribution in [0.3, 0.4) is 0 Å². The van der Waals surface area contributed by atoms with Crippen LogP contribution in [-0.2, 0) is 4.79 Å². The lowest BCUT2D eigenvalue weighted by atomic mass is 9.93. The monoisotopic (exact) mass is 197 g/mol. The third-order valence-electron chi connectivity index (χ3n) is 3.72. The molecule has 80 valence electrons. The van der Waals surface area contributed by atoms with Crippen molar-refractivity contribution < 1.29 is 9.90 Å². The molecule has 0 aromatic carbocycles. The first-order chi connectivity index (χ1) is 6.78. The number of amides is 1. The average Bonchev–Trinajstić information content (AvgIpc) is 2.68. The normalized spacial score (nSPS) is 26.9. The van der Waals surface area contributed by atoms with Crippen molar-refractivity contribution in [3.63, 3.8) is 0 Å². The van der Waals surface area contributed by atoms with Crippen LogP contribution in [0.15, 0.2) is 0 Å². The maximum Gasteiger partial charge on any atom is 0.223 e. The smallest absolute Gasteiger partial charge is 0.223 e. The molecule has 3 nitrogen and oxygen atoms in total. The van der Waals surface area contributed by atoms with Crippen molar-refractivity contribution in [3.8, 4) is 0 Å². The summed E-state index contributed by atoms with van der Waals surface area (Å²) in [4.78, 5) is 13.7. The maximum absolute atomic E-state index is 11.8. The summed E-state index contributed by atoms with van der Waals surface area (Å²) in [6.45, 7) is 1.01. The number of rotatable bonds is 2. The zero-order valence-electron chi connectivity index (χ0n) is 8.67. The van der Waals surface area contributed by atoms with Gasteiger partial charge in [0, 0.05) is 13.0 Å². The van der Waals surface area contributed by atoms with Gasteiger partial charge in [0.15, 0.2) is 0 Å². The minimum Gasteiger partial charge on any atom is -0.394 e. The second kappa shape index (κ2) is 3.89. The quantitative estimate of drug-likeness (QED) is 0.725. The van der Waals surface area contributed by atoms with Crippen LogP contribution in [-0.4, -0.2) is 34.6 Å². The number of carbonyl (C=O) groups is 1. The van der Waals surface area contributed by atoms with E-state index in [-0.39, 0.29) is 18.1 Å². The van der Waals surface area contributed by atoms with Crippen molar-refractivity contribution in [2.45, 2.75) is 50.5 Å². The Hall–Kier alpha value is -0.570. The molecule has 2 rings (SSSR count). The number of hydrogen-bond donors (Lipinski definition) is 1. The Balaban J connectivity index is 2.13. The molecule has 0 atom stereocenters. The van der Waals surface area contributed by atoms with Gasteiger partial charge in [0.25, 0.3) is 0 Å². The molecule has 0 spiro atoms. The van der Waals surface area contributed by atoms with Crippen LogP contribution in [0.2, 0.25) is 0 Å². The number of aliphatic hydroxyl groups is 1. The molecule has 0 aromatic heterocycles. The molecule has 3 heteroatoms. The van der Waals surface area contributed by atoms with Crippen LogP contribution >= 0.6 is 0 Å². The minimum absolute atomic E-state index is 0.152. The lowest BCUT2D eigenvalue weighted by Crippen LogP contribution is -2.54. The lowest BCUT2D eigenvalue weighted by molar-refractivity contribution is -0.142. The highest BCUT2D eigenvalue weighted by Crippen LogP contribution is 2.36. The van der Waals surface area contributed by atoms with Gasteiger partial charge in [-0.2, -0.15) is 0 Å². The van der Waals surface area contributed by atoms with Gasteiger partial charge in [0.1, 0.15) is 0 Å². The fraction of sp³-hybridized carbons (Fsp3) is 0.909. The molecule has 1 amide bonds. The molecule has 1 aliphatic heterocycles. The van der Waals surface area contributed by atoms with Gasteiger partial charge in [0.2, 0.25) is 5.91 Å². The zero-order valence-corrected chi connectivity index (χ0v) is 8.67. The number of carbonyl (C=O) groups excluding carboxylic acids is 1. The molecule has 2 aliphatic rings. The molecular weight excluding hydrogens is 178 g/mol. The average molecular weight is 197 g/mol. The van der Waals surface area contributed by atoms with E-state index in [0.29, 0.717) is 6.42 Å². The zero-order chi connectivity index (χ0) is 10.0. The summed E-state index contributed by atoms with van der Waals surface area (Å²) in [7, 11) is 0. The molecule has 0 unspecified atom stereocenters. The number of piperidine rings is 1. The van der Waals surface area contributed by atoms with Gasteiger partial charge in [-0.1, -0.05) is 12.8 Å². The molecule has 1 saturated heterocycles. The first-order valence-corrected chi connectivity index (χ1v) is 5.70. The van der Waals surface area contributed by atoms with Gasteiger partial charge in [-0.05, 0) is 25.7 Å². The molecule has 1 N–H and O–H groups in total. The van der Waals surface area contributed by atoms with Crippen LogP contribution in [0.5, 0.6) is 0 Å². The van der Waals surface area contributed by atoms with Crippen molar-refractivity contribution in [1.82, 2.24) is 4.90 Å². The second-order valence-electron chi connectivity index (χ2n) is 4.59. The van der Waals surface area contributed by atoms with E-state index in [4.69, 9.17) is 0 Å². The minimum atomic E-state index is -0.183. The topological polar surface area (TPSA) is 40.5 Å². The third-order valence-corrected chi connectivity index (χ3v) is 3.72. The molecule has 1 heterocycles. The molecule has 0 radical (unpaired) electrons. The number of nitrogens with zero attached hydrogens (tertiary/aromatic N) is 1. The number of likely N-dealkylation sites (tertiary alicyclic amines) is 1. The summed E-state index contributed by atoms with van der Waals surface area (Å²) in [6, 6.07) is 0. The Labute approximate surface area is 85.1 Å². The summed E-state index contributed by atoms with van der Waals surface area (Å²) in [6.07, 6.45) is 7.12. The first kappa shape index (κ1) is 9.97. The van der Waals surface area contributed by atoms with E-state index in [0.717, 1.165) is 45.1 Å². The van der Waals surface area contributed by atoms with Gasteiger partial charge >= 0.3 is 0 Å². The van der Waals surface area contributed by atoms with Crippen LogP contribution in [0.1, 0.15) is 44.9 Å². The van der Waals surface area contributed by atoms with E-state index in [2.05, 4.69) is 0 Å². The van der Waals surface area contributed by atoms with Crippen molar-refractivity contribution >= 4 is 5.91 Å². The Morgan fingerprint density at radius 2 is 1.93 bits per heavy atom. The van der Waals surface area contributed by atoms with Gasteiger partial charge in [-0.25, -0.2) is 0 Å². The van der Waals surface area contributed by atoms with Crippen LogP contribution in [0, 0.1) is 0 Å². The lowest BCUT2D eigenvalue weighted by Gasteiger charge is -2.42. The summed E-state index contributed by atoms with van der Waals surface area (Å²) in [5.41, 5.74) is -0.183. The third kappa shape index (κ3) is 1.54.